The van der Waals surface area contributed by atoms with Gasteiger partial charge in [0.05, 0.1) is 27.7 Å². The van der Waals surface area contributed by atoms with Gasteiger partial charge in [0.25, 0.3) is 0 Å². The molecule has 0 fully saturated rings. The number of benzene rings is 2. The molecule has 0 radical (unpaired) electrons. The fourth-order valence-corrected chi connectivity index (χ4v) is 5.95. The van der Waals surface area contributed by atoms with Gasteiger partial charge in [-0.1, -0.05) is 36.4 Å². The maximum Gasteiger partial charge on any atom is 0.328 e. The van der Waals surface area contributed by atoms with Crippen LogP contribution in [0.15, 0.2) is 73.6 Å². The lowest BCUT2D eigenvalue weighted by Crippen LogP contribution is -2.34. The minimum atomic E-state index is -0.787. The number of ether oxygens (including phenoxy) is 2. The molecule has 1 aliphatic rings. The standard InChI is InChI=1S/C29H25ClFN3O3S/c1-2-36-29(35)25(32)16-38-28-21-4-3-11-33-26(21)10-7-17-6-9-20(13-22(17)28)37-15-19-8-5-18-12-24(31)23(30)14-27(18)34-19/h2-6,8-9,11-14,25,28H,1,7,10,15-16,32H2. The molecular weight excluding hydrogens is 525 g/mol. The molecule has 5 rings (SSSR count). The van der Waals surface area contributed by atoms with Crippen molar-refractivity contribution >= 4 is 40.2 Å². The minimum Gasteiger partial charge on any atom is -0.487 e. The van der Waals surface area contributed by atoms with E-state index in [0.717, 1.165) is 35.9 Å². The zero-order chi connectivity index (χ0) is 26.6. The molecule has 0 spiro atoms. The number of esters is 1. The second kappa shape index (κ2) is 11.5. The molecule has 38 heavy (non-hydrogen) atoms. The van der Waals surface area contributed by atoms with Crippen LogP contribution >= 0.6 is 23.4 Å². The van der Waals surface area contributed by atoms with Crippen molar-refractivity contribution in [1.29, 1.82) is 0 Å². The van der Waals surface area contributed by atoms with Gasteiger partial charge in [-0.2, -0.15) is 0 Å². The van der Waals surface area contributed by atoms with Gasteiger partial charge < -0.3 is 15.2 Å². The third kappa shape index (κ3) is 5.67. The van der Waals surface area contributed by atoms with E-state index in [-0.39, 0.29) is 16.9 Å². The summed E-state index contributed by atoms with van der Waals surface area (Å²) in [6.07, 6.45) is 4.55. The Bertz CT molecular complexity index is 1520. The number of aryl methyl sites for hydroxylation is 2. The van der Waals surface area contributed by atoms with Gasteiger partial charge >= 0.3 is 5.97 Å². The van der Waals surface area contributed by atoms with Gasteiger partial charge in [-0.15, -0.1) is 11.8 Å². The highest BCUT2D eigenvalue weighted by Gasteiger charge is 2.27. The van der Waals surface area contributed by atoms with Crippen molar-refractivity contribution in [2.45, 2.75) is 30.7 Å². The fourth-order valence-electron chi connectivity index (χ4n) is 4.47. The van der Waals surface area contributed by atoms with Crippen LogP contribution in [-0.2, 0) is 29.0 Å². The van der Waals surface area contributed by atoms with Gasteiger partial charge in [0.1, 0.15) is 24.2 Å². The summed E-state index contributed by atoms with van der Waals surface area (Å²) < 4.78 is 24.8. The molecule has 4 aromatic rings. The van der Waals surface area contributed by atoms with Crippen LogP contribution in [0.5, 0.6) is 5.75 Å². The Morgan fingerprint density at radius 1 is 1.21 bits per heavy atom. The van der Waals surface area contributed by atoms with Crippen molar-refractivity contribution in [1.82, 2.24) is 9.97 Å². The number of carbonyl (C=O) groups excluding carboxylic acids is 1. The van der Waals surface area contributed by atoms with Crippen LogP contribution in [0.25, 0.3) is 10.9 Å². The van der Waals surface area contributed by atoms with E-state index in [9.17, 15) is 9.18 Å². The monoisotopic (exact) mass is 549 g/mol. The lowest BCUT2D eigenvalue weighted by molar-refractivity contribution is -0.138. The Morgan fingerprint density at radius 2 is 2.08 bits per heavy atom. The molecule has 2 aromatic carbocycles. The Balaban J connectivity index is 1.40. The highest BCUT2D eigenvalue weighted by Crippen LogP contribution is 2.42. The molecule has 2 aromatic heterocycles. The quantitative estimate of drug-likeness (QED) is 0.215. The minimum absolute atomic E-state index is 0.0320. The number of thioether (sulfide) groups is 1. The number of halogens is 2. The number of fused-ring (bicyclic) bond motifs is 3. The number of nitrogens with zero attached hydrogens (tertiary/aromatic N) is 2. The lowest BCUT2D eigenvalue weighted by Gasteiger charge is -2.21. The van der Waals surface area contributed by atoms with Crippen LogP contribution in [0.1, 0.15) is 33.3 Å². The predicted octanol–water partition coefficient (Wildman–Crippen LogP) is 5.94. The molecule has 194 valence electrons. The van der Waals surface area contributed by atoms with E-state index < -0.39 is 17.8 Å². The smallest absolute Gasteiger partial charge is 0.328 e. The van der Waals surface area contributed by atoms with Gasteiger partial charge in [0.15, 0.2) is 0 Å². The molecule has 0 bridgehead atoms. The molecule has 0 saturated heterocycles. The van der Waals surface area contributed by atoms with Crippen molar-refractivity contribution in [2.24, 2.45) is 5.73 Å². The normalized spacial score (nSPS) is 15.2. The van der Waals surface area contributed by atoms with Crippen molar-refractivity contribution in [3.63, 3.8) is 0 Å². The summed E-state index contributed by atoms with van der Waals surface area (Å²) in [5.41, 5.74) is 11.8. The molecule has 2 heterocycles. The van der Waals surface area contributed by atoms with Crippen molar-refractivity contribution in [3.8, 4) is 5.75 Å². The zero-order valence-electron chi connectivity index (χ0n) is 20.4. The average molecular weight is 550 g/mol. The summed E-state index contributed by atoms with van der Waals surface area (Å²) in [6, 6.07) is 15.8. The van der Waals surface area contributed by atoms with E-state index >= 15 is 0 Å². The molecule has 0 amide bonds. The van der Waals surface area contributed by atoms with E-state index in [1.165, 1.54) is 17.7 Å². The molecular formula is C29H25ClFN3O3S. The van der Waals surface area contributed by atoms with Gasteiger partial charge in [-0.25, -0.2) is 14.2 Å². The molecule has 9 heteroatoms. The van der Waals surface area contributed by atoms with Gasteiger partial charge in [0, 0.05) is 23.0 Å². The molecule has 0 aliphatic heterocycles. The highest BCUT2D eigenvalue weighted by molar-refractivity contribution is 7.99. The molecule has 2 N–H and O–H groups in total. The Morgan fingerprint density at radius 3 is 2.92 bits per heavy atom. The fraction of sp³-hybridized carbons (Fsp3) is 0.207. The Hall–Kier alpha value is -3.46. The number of aromatic nitrogens is 2. The van der Waals surface area contributed by atoms with Crippen LogP contribution in [0, 0.1) is 5.82 Å². The first-order valence-corrected chi connectivity index (χ1v) is 13.5. The van der Waals surface area contributed by atoms with Crippen LogP contribution in [-0.4, -0.2) is 27.7 Å². The number of pyridine rings is 2. The Kier molecular flexibility index (Phi) is 7.93. The van der Waals surface area contributed by atoms with E-state index in [0.29, 0.717) is 28.1 Å². The topological polar surface area (TPSA) is 87.3 Å². The molecule has 1 aliphatic carbocycles. The predicted molar refractivity (Wildman–Crippen MR) is 148 cm³/mol. The van der Waals surface area contributed by atoms with Crippen molar-refractivity contribution < 1.29 is 18.7 Å². The van der Waals surface area contributed by atoms with E-state index in [2.05, 4.69) is 28.7 Å². The largest absolute Gasteiger partial charge is 0.487 e. The second-order valence-electron chi connectivity index (χ2n) is 8.87. The zero-order valence-corrected chi connectivity index (χ0v) is 22.0. The Labute approximate surface area is 229 Å². The molecule has 2 atom stereocenters. The summed E-state index contributed by atoms with van der Waals surface area (Å²) in [5.74, 6) is 0.0610. The van der Waals surface area contributed by atoms with Gasteiger partial charge in [-0.3, -0.25) is 4.98 Å². The third-order valence-electron chi connectivity index (χ3n) is 6.36. The van der Waals surface area contributed by atoms with Gasteiger partial charge in [0.2, 0.25) is 0 Å². The van der Waals surface area contributed by atoms with E-state index in [1.807, 2.05) is 24.3 Å². The summed E-state index contributed by atoms with van der Waals surface area (Å²) in [5, 5.41) is 0.616. The number of carbonyl (C=O) groups is 1. The second-order valence-corrected chi connectivity index (χ2v) is 10.4. The van der Waals surface area contributed by atoms with Crippen LogP contribution in [0.4, 0.5) is 4.39 Å². The number of hydrogen-bond acceptors (Lipinski definition) is 7. The summed E-state index contributed by atoms with van der Waals surface area (Å²) in [4.78, 5) is 21.3. The molecule has 2 unspecified atom stereocenters. The third-order valence-corrected chi connectivity index (χ3v) is 8.04. The summed E-state index contributed by atoms with van der Waals surface area (Å²) >= 11 is 7.51. The first-order chi connectivity index (χ1) is 18.4. The van der Waals surface area contributed by atoms with E-state index in [1.54, 1.807) is 24.0 Å². The van der Waals surface area contributed by atoms with Crippen LogP contribution < -0.4 is 10.5 Å². The van der Waals surface area contributed by atoms with Gasteiger partial charge in [-0.05, 0) is 65.9 Å². The van der Waals surface area contributed by atoms with Crippen LogP contribution in [0.3, 0.4) is 0 Å². The van der Waals surface area contributed by atoms with Crippen molar-refractivity contribution in [2.75, 3.05) is 5.75 Å². The maximum absolute atomic E-state index is 13.8. The van der Waals surface area contributed by atoms with Crippen molar-refractivity contribution in [3.05, 3.63) is 113 Å². The summed E-state index contributed by atoms with van der Waals surface area (Å²) in [6.45, 7) is 3.66. The first kappa shape index (κ1) is 26.2. The number of hydrogen-bond donors (Lipinski definition) is 1. The number of rotatable bonds is 8. The SMILES string of the molecule is C=COC(=O)C(N)CSC1c2cc(OCc3ccc4cc(F)c(Cl)cc4n3)ccc2CCc2ncccc21. The average Bonchev–Trinajstić information content (AvgIpc) is 3.07. The van der Waals surface area contributed by atoms with E-state index in [4.69, 9.17) is 26.8 Å². The number of nitrogens with two attached hydrogens (primary N) is 1. The summed E-state index contributed by atoms with van der Waals surface area (Å²) in [7, 11) is 0. The maximum atomic E-state index is 13.8. The lowest BCUT2D eigenvalue weighted by atomic mass is 10.0. The van der Waals surface area contributed by atoms with Crippen LogP contribution in [0.2, 0.25) is 5.02 Å². The first-order valence-electron chi connectivity index (χ1n) is 12.1. The molecule has 0 saturated carbocycles. The molecule has 6 nitrogen and oxygen atoms in total. The highest BCUT2D eigenvalue weighted by atomic mass is 35.5.